The molecule has 1 heterocycles. The van der Waals surface area contributed by atoms with Gasteiger partial charge in [-0.15, -0.1) is 0 Å². The van der Waals surface area contributed by atoms with E-state index in [1.165, 1.54) is 19.3 Å². The average molecular weight is 111 g/mol. The van der Waals surface area contributed by atoms with Gasteiger partial charge in [-0.1, -0.05) is 13.3 Å². The number of aliphatic imine (C=N–C) groups is 1. The van der Waals surface area contributed by atoms with E-state index in [9.17, 15) is 0 Å². The molecular weight excluding hydrogens is 98.1 g/mol. The number of rotatable bonds is 0. The maximum absolute atomic E-state index is 4.23. The molecule has 1 nitrogen and oxygen atoms in total. The van der Waals surface area contributed by atoms with Crippen LogP contribution in [0.2, 0.25) is 0 Å². The largest absolute Gasteiger partial charge is 0.297 e. The van der Waals surface area contributed by atoms with E-state index in [1.807, 2.05) is 0 Å². The Labute approximate surface area is 50.8 Å². The summed E-state index contributed by atoms with van der Waals surface area (Å²) in [6.07, 6.45) is 6.08. The topological polar surface area (TPSA) is 12.4 Å². The zero-order valence-electron chi connectivity index (χ0n) is 5.43. The van der Waals surface area contributed by atoms with Gasteiger partial charge in [0.1, 0.15) is 0 Å². The molecule has 0 spiro atoms. The Bertz CT molecular complexity index is 86.4. The van der Waals surface area contributed by atoms with Crippen LogP contribution in [0.25, 0.3) is 0 Å². The van der Waals surface area contributed by atoms with E-state index in [4.69, 9.17) is 0 Å². The molecule has 0 saturated heterocycles. The molecule has 1 aliphatic heterocycles. The summed E-state index contributed by atoms with van der Waals surface area (Å²) in [7, 11) is 0. The van der Waals surface area contributed by atoms with Crippen LogP contribution in [0.5, 0.6) is 0 Å². The van der Waals surface area contributed by atoms with E-state index < -0.39 is 0 Å². The lowest BCUT2D eigenvalue weighted by atomic mass is 10.1. The zero-order valence-corrected chi connectivity index (χ0v) is 5.43. The van der Waals surface area contributed by atoms with Crippen molar-refractivity contribution in [3.05, 3.63) is 0 Å². The van der Waals surface area contributed by atoms with E-state index >= 15 is 0 Å². The monoisotopic (exact) mass is 111 g/mol. The predicted octanol–water partition coefficient (Wildman–Crippen LogP) is 1.88. The van der Waals surface area contributed by atoms with Crippen LogP contribution in [-0.4, -0.2) is 12.8 Å². The molecule has 0 aromatic carbocycles. The summed E-state index contributed by atoms with van der Waals surface area (Å²) >= 11 is 0. The third-order valence-electron chi connectivity index (χ3n) is 1.56. The third kappa shape index (κ3) is 1.65. The molecule has 0 saturated carbocycles. The minimum absolute atomic E-state index is 0.734. The quantitative estimate of drug-likeness (QED) is 0.452. The fourth-order valence-corrected chi connectivity index (χ4v) is 0.998. The maximum atomic E-state index is 4.23. The van der Waals surface area contributed by atoms with Gasteiger partial charge < -0.3 is 0 Å². The second-order valence-corrected chi connectivity index (χ2v) is 2.53. The van der Waals surface area contributed by atoms with Crippen molar-refractivity contribution in [2.45, 2.75) is 26.2 Å². The van der Waals surface area contributed by atoms with Crippen LogP contribution in [0.1, 0.15) is 26.2 Å². The van der Waals surface area contributed by atoms with E-state index in [0.717, 1.165) is 12.5 Å². The average Bonchev–Trinajstić information content (AvgIpc) is 1.94. The summed E-state index contributed by atoms with van der Waals surface area (Å²) in [4.78, 5) is 4.23. The fourth-order valence-electron chi connectivity index (χ4n) is 0.998. The minimum atomic E-state index is 0.734. The van der Waals surface area contributed by atoms with Crippen LogP contribution in [0, 0.1) is 5.92 Å². The maximum Gasteiger partial charge on any atom is 0.0385 e. The second kappa shape index (κ2) is 2.85. The Hall–Kier alpha value is -0.330. The van der Waals surface area contributed by atoms with Crippen LogP contribution in [0.4, 0.5) is 0 Å². The SMILES string of the molecule is CC1C=NCCCC1. The zero-order chi connectivity index (χ0) is 5.82. The molecule has 1 heteroatoms. The Morgan fingerprint density at radius 3 is 3.25 bits per heavy atom. The number of hydrogen-bond acceptors (Lipinski definition) is 1. The van der Waals surface area contributed by atoms with Crippen LogP contribution >= 0.6 is 0 Å². The molecule has 0 fully saturated rings. The lowest BCUT2D eigenvalue weighted by Crippen LogP contribution is -1.91. The predicted molar refractivity (Wildman–Crippen MR) is 36.4 cm³/mol. The normalized spacial score (nSPS) is 29.9. The molecule has 0 aromatic rings. The highest BCUT2D eigenvalue weighted by Gasteiger charge is 1.99. The van der Waals surface area contributed by atoms with E-state index in [0.29, 0.717) is 0 Å². The van der Waals surface area contributed by atoms with Crippen molar-refractivity contribution in [1.82, 2.24) is 0 Å². The van der Waals surface area contributed by atoms with Gasteiger partial charge in [-0.05, 0) is 18.8 Å². The molecule has 0 amide bonds. The Kier molecular flexibility index (Phi) is 2.07. The summed E-state index contributed by atoms with van der Waals surface area (Å²) in [5, 5.41) is 0. The van der Waals surface area contributed by atoms with Crippen molar-refractivity contribution in [1.29, 1.82) is 0 Å². The molecule has 0 aromatic heterocycles. The van der Waals surface area contributed by atoms with Crippen molar-refractivity contribution in [3.63, 3.8) is 0 Å². The lowest BCUT2D eigenvalue weighted by molar-refractivity contribution is 0.639. The smallest absolute Gasteiger partial charge is 0.0385 e. The van der Waals surface area contributed by atoms with Crippen molar-refractivity contribution >= 4 is 6.21 Å². The number of nitrogens with zero attached hydrogens (tertiary/aromatic N) is 1. The molecule has 1 aliphatic rings. The summed E-state index contributed by atoms with van der Waals surface area (Å²) < 4.78 is 0. The molecule has 8 heavy (non-hydrogen) atoms. The molecule has 1 unspecified atom stereocenters. The van der Waals surface area contributed by atoms with Gasteiger partial charge >= 0.3 is 0 Å². The van der Waals surface area contributed by atoms with Gasteiger partial charge in [0, 0.05) is 12.8 Å². The van der Waals surface area contributed by atoms with Crippen LogP contribution in [-0.2, 0) is 0 Å². The third-order valence-corrected chi connectivity index (χ3v) is 1.56. The highest BCUT2D eigenvalue weighted by atomic mass is 14.7. The highest BCUT2D eigenvalue weighted by Crippen LogP contribution is 2.08. The van der Waals surface area contributed by atoms with Gasteiger partial charge in [-0.3, -0.25) is 4.99 Å². The molecular formula is C7H13N. The highest BCUT2D eigenvalue weighted by molar-refractivity contribution is 5.60. The van der Waals surface area contributed by atoms with Crippen LogP contribution in [0.3, 0.4) is 0 Å². The first-order valence-corrected chi connectivity index (χ1v) is 3.39. The summed E-state index contributed by atoms with van der Waals surface area (Å²) in [5.74, 6) is 0.734. The standard InChI is InChI=1S/C7H13N/c1-7-4-2-3-5-8-6-7/h6-7H,2-5H2,1H3. The van der Waals surface area contributed by atoms with Crippen molar-refractivity contribution in [3.8, 4) is 0 Å². The van der Waals surface area contributed by atoms with Crippen molar-refractivity contribution < 1.29 is 0 Å². The van der Waals surface area contributed by atoms with Crippen molar-refractivity contribution in [2.75, 3.05) is 6.54 Å². The lowest BCUT2D eigenvalue weighted by Gasteiger charge is -1.97. The first kappa shape index (κ1) is 5.80. The summed E-state index contributed by atoms with van der Waals surface area (Å²) in [5.41, 5.74) is 0. The summed E-state index contributed by atoms with van der Waals surface area (Å²) in [6, 6.07) is 0. The Morgan fingerprint density at radius 2 is 2.38 bits per heavy atom. The fraction of sp³-hybridized carbons (Fsp3) is 0.857. The van der Waals surface area contributed by atoms with E-state index in [2.05, 4.69) is 18.1 Å². The first-order valence-electron chi connectivity index (χ1n) is 3.39. The van der Waals surface area contributed by atoms with Gasteiger partial charge in [-0.2, -0.15) is 0 Å². The van der Waals surface area contributed by atoms with Gasteiger partial charge in [0.05, 0.1) is 0 Å². The molecule has 46 valence electrons. The molecule has 1 rings (SSSR count). The van der Waals surface area contributed by atoms with Gasteiger partial charge in [0.2, 0.25) is 0 Å². The molecule has 0 radical (unpaired) electrons. The van der Waals surface area contributed by atoms with Gasteiger partial charge in [0.15, 0.2) is 0 Å². The first-order chi connectivity index (χ1) is 3.89. The van der Waals surface area contributed by atoms with Gasteiger partial charge in [0.25, 0.3) is 0 Å². The second-order valence-electron chi connectivity index (χ2n) is 2.53. The van der Waals surface area contributed by atoms with Gasteiger partial charge in [-0.25, -0.2) is 0 Å². The minimum Gasteiger partial charge on any atom is -0.297 e. The van der Waals surface area contributed by atoms with Crippen molar-refractivity contribution in [2.24, 2.45) is 10.9 Å². The van der Waals surface area contributed by atoms with Crippen LogP contribution in [0.15, 0.2) is 4.99 Å². The Morgan fingerprint density at radius 1 is 1.50 bits per heavy atom. The molecule has 0 aliphatic carbocycles. The molecule has 1 atom stereocenters. The number of hydrogen-bond donors (Lipinski definition) is 0. The molecule has 0 N–H and O–H groups in total. The summed E-state index contributed by atoms with van der Waals surface area (Å²) in [6.45, 7) is 3.29. The molecule has 0 bridgehead atoms. The van der Waals surface area contributed by atoms with E-state index in [1.54, 1.807) is 0 Å². The van der Waals surface area contributed by atoms with Crippen LogP contribution < -0.4 is 0 Å². The van der Waals surface area contributed by atoms with E-state index in [-0.39, 0.29) is 0 Å². The Balaban J connectivity index is 2.33.